The van der Waals surface area contributed by atoms with Gasteiger partial charge >= 0.3 is 0 Å². The van der Waals surface area contributed by atoms with Crippen molar-refractivity contribution in [1.82, 2.24) is 4.90 Å². The minimum atomic E-state index is -0.349. The van der Waals surface area contributed by atoms with E-state index in [1.807, 2.05) is 18.2 Å². The molecule has 2 fully saturated rings. The van der Waals surface area contributed by atoms with Crippen molar-refractivity contribution in [2.24, 2.45) is 17.6 Å². The zero-order valence-electron chi connectivity index (χ0n) is 15.2. The molecule has 140 valence electrons. The molecule has 0 aliphatic carbocycles. The van der Waals surface area contributed by atoms with Gasteiger partial charge in [-0.2, -0.15) is 0 Å². The van der Waals surface area contributed by atoms with Crippen LogP contribution in [0, 0.1) is 11.8 Å². The fourth-order valence-electron chi connectivity index (χ4n) is 4.33. The maximum Gasteiger partial charge on any atom is 0.127 e. The predicted octanol–water partition coefficient (Wildman–Crippen LogP) is 1.25. The molecule has 2 atom stereocenters. The normalized spacial score (nSPS) is 28.2. The molecule has 2 saturated heterocycles. The first-order chi connectivity index (χ1) is 12.1. The third kappa shape index (κ3) is 3.77. The second-order valence-electron chi connectivity index (χ2n) is 7.23. The van der Waals surface area contributed by atoms with E-state index in [0.717, 1.165) is 62.8 Å². The first-order valence-electron chi connectivity index (χ1n) is 9.01. The average molecular weight is 350 g/mol. The molecule has 0 bridgehead atoms. The lowest BCUT2D eigenvalue weighted by Crippen LogP contribution is -2.56. The zero-order chi connectivity index (χ0) is 17.9. The monoisotopic (exact) mass is 350 g/mol. The Morgan fingerprint density at radius 1 is 1.28 bits per heavy atom. The Morgan fingerprint density at radius 2 is 2.04 bits per heavy atom. The van der Waals surface area contributed by atoms with Crippen molar-refractivity contribution in [1.29, 1.82) is 0 Å². The SMILES string of the molecule is COc1ccc(CN2C[C@@H](CO)[C@](N)(C3CCOCC3)C2)c(OC)c1. The summed E-state index contributed by atoms with van der Waals surface area (Å²) in [5.74, 6) is 2.10. The third-order valence-corrected chi connectivity index (χ3v) is 5.83. The van der Waals surface area contributed by atoms with Crippen LogP contribution in [0.1, 0.15) is 18.4 Å². The highest BCUT2D eigenvalue weighted by molar-refractivity contribution is 5.40. The van der Waals surface area contributed by atoms with E-state index in [-0.39, 0.29) is 18.1 Å². The van der Waals surface area contributed by atoms with E-state index in [1.165, 1.54) is 0 Å². The molecule has 0 unspecified atom stereocenters. The van der Waals surface area contributed by atoms with Gasteiger partial charge in [0.2, 0.25) is 0 Å². The van der Waals surface area contributed by atoms with Gasteiger partial charge in [0.1, 0.15) is 11.5 Å². The van der Waals surface area contributed by atoms with Gasteiger partial charge in [-0.05, 0) is 24.8 Å². The second-order valence-corrected chi connectivity index (χ2v) is 7.23. The summed E-state index contributed by atoms with van der Waals surface area (Å²) in [5, 5.41) is 9.91. The highest BCUT2D eigenvalue weighted by Crippen LogP contribution is 2.38. The molecule has 0 saturated carbocycles. The van der Waals surface area contributed by atoms with Crippen LogP contribution in [0.4, 0.5) is 0 Å². The van der Waals surface area contributed by atoms with E-state index in [4.69, 9.17) is 19.9 Å². The van der Waals surface area contributed by atoms with Crippen molar-refractivity contribution < 1.29 is 19.3 Å². The summed E-state index contributed by atoms with van der Waals surface area (Å²) in [6, 6.07) is 5.89. The van der Waals surface area contributed by atoms with Crippen LogP contribution in [0.25, 0.3) is 0 Å². The zero-order valence-corrected chi connectivity index (χ0v) is 15.2. The molecular formula is C19H30N2O4. The first-order valence-corrected chi connectivity index (χ1v) is 9.01. The highest BCUT2D eigenvalue weighted by Gasteiger charge is 2.48. The predicted molar refractivity (Wildman–Crippen MR) is 95.9 cm³/mol. The molecule has 0 aromatic heterocycles. The quantitative estimate of drug-likeness (QED) is 0.804. The number of nitrogens with zero attached hydrogens (tertiary/aromatic N) is 1. The number of benzene rings is 1. The number of ether oxygens (including phenoxy) is 3. The number of rotatable bonds is 6. The fourth-order valence-corrected chi connectivity index (χ4v) is 4.33. The number of hydrogen-bond acceptors (Lipinski definition) is 6. The molecule has 2 aliphatic rings. The van der Waals surface area contributed by atoms with Crippen LogP contribution in [0.15, 0.2) is 18.2 Å². The average Bonchev–Trinajstić information content (AvgIpc) is 2.99. The maximum absolute atomic E-state index is 9.91. The lowest BCUT2D eigenvalue weighted by molar-refractivity contribution is 0.0237. The lowest BCUT2D eigenvalue weighted by atomic mass is 9.73. The number of likely N-dealkylation sites (tertiary alicyclic amines) is 1. The van der Waals surface area contributed by atoms with E-state index in [1.54, 1.807) is 14.2 Å². The van der Waals surface area contributed by atoms with Gasteiger partial charge in [-0.25, -0.2) is 0 Å². The summed E-state index contributed by atoms with van der Waals surface area (Å²) in [6.45, 7) is 4.02. The topological polar surface area (TPSA) is 77.2 Å². The van der Waals surface area contributed by atoms with Crippen LogP contribution in [0.3, 0.4) is 0 Å². The molecule has 6 nitrogen and oxygen atoms in total. The second kappa shape index (κ2) is 7.91. The molecule has 1 aromatic carbocycles. The van der Waals surface area contributed by atoms with Gasteiger partial charge in [-0.3, -0.25) is 4.90 Å². The number of aliphatic hydroxyl groups excluding tert-OH is 1. The van der Waals surface area contributed by atoms with E-state index < -0.39 is 0 Å². The van der Waals surface area contributed by atoms with Crippen LogP contribution in [-0.2, 0) is 11.3 Å². The molecule has 2 heterocycles. The summed E-state index contributed by atoms with van der Waals surface area (Å²) in [5.41, 5.74) is 7.60. The van der Waals surface area contributed by atoms with Crippen LogP contribution in [0.5, 0.6) is 11.5 Å². The molecule has 0 radical (unpaired) electrons. The van der Waals surface area contributed by atoms with Crippen LogP contribution < -0.4 is 15.2 Å². The lowest BCUT2D eigenvalue weighted by Gasteiger charge is -2.40. The number of methoxy groups -OCH3 is 2. The Bertz CT molecular complexity index is 577. The molecule has 1 aromatic rings. The summed E-state index contributed by atoms with van der Waals surface area (Å²) < 4.78 is 16.3. The first kappa shape index (κ1) is 18.5. The number of hydrogen-bond donors (Lipinski definition) is 2. The highest BCUT2D eigenvalue weighted by atomic mass is 16.5. The Hall–Kier alpha value is -1.34. The molecule has 0 spiro atoms. The molecule has 2 aliphatic heterocycles. The third-order valence-electron chi connectivity index (χ3n) is 5.83. The van der Waals surface area contributed by atoms with Crippen molar-refractivity contribution in [2.45, 2.75) is 24.9 Å². The minimum absolute atomic E-state index is 0.0971. The Labute approximate surface area is 149 Å². The van der Waals surface area contributed by atoms with E-state index in [0.29, 0.717) is 5.92 Å². The summed E-state index contributed by atoms with van der Waals surface area (Å²) in [6.07, 6.45) is 1.96. The van der Waals surface area contributed by atoms with E-state index >= 15 is 0 Å². The minimum Gasteiger partial charge on any atom is -0.497 e. The van der Waals surface area contributed by atoms with Gasteiger partial charge in [-0.1, -0.05) is 6.07 Å². The molecule has 0 amide bonds. The largest absolute Gasteiger partial charge is 0.497 e. The summed E-state index contributed by atoms with van der Waals surface area (Å²) in [4.78, 5) is 2.33. The van der Waals surface area contributed by atoms with Gasteiger partial charge in [-0.15, -0.1) is 0 Å². The van der Waals surface area contributed by atoms with Gasteiger partial charge in [0.15, 0.2) is 0 Å². The molecule has 3 N–H and O–H groups in total. The molecule has 6 heteroatoms. The standard InChI is InChI=1S/C19H30N2O4/c1-23-17-4-3-14(18(9-17)24-2)10-21-11-16(12-22)19(20,13-21)15-5-7-25-8-6-15/h3-4,9,15-16,22H,5-8,10-13,20H2,1-2H3/t16-,19+/m0/s1. The Morgan fingerprint density at radius 3 is 2.68 bits per heavy atom. The number of aliphatic hydroxyl groups is 1. The number of nitrogens with two attached hydrogens (primary N) is 1. The van der Waals surface area contributed by atoms with Crippen molar-refractivity contribution in [2.75, 3.05) is 47.1 Å². The summed E-state index contributed by atoms with van der Waals surface area (Å²) >= 11 is 0. The van der Waals surface area contributed by atoms with Crippen LogP contribution in [0.2, 0.25) is 0 Å². The Kier molecular flexibility index (Phi) is 5.84. The van der Waals surface area contributed by atoms with Crippen molar-refractivity contribution in [3.8, 4) is 11.5 Å². The smallest absolute Gasteiger partial charge is 0.127 e. The van der Waals surface area contributed by atoms with Crippen LogP contribution in [-0.4, -0.2) is 62.7 Å². The van der Waals surface area contributed by atoms with Crippen LogP contribution >= 0.6 is 0 Å². The van der Waals surface area contributed by atoms with Crippen molar-refractivity contribution in [3.63, 3.8) is 0 Å². The fraction of sp³-hybridized carbons (Fsp3) is 0.684. The van der Waals surface area contributed by atoms with Gasteiger partial charge in [0.05, 0.1) is 14.2 Å². The van der Waals surface area contributed by atoms with Gasteiger partial charge < -0.3 is 25.1 Å². The Balaban J connectivity index is 1.74. The summed E-state index contributed by atoms with van der Waals surface area (Å²) in [7, 11) is 3.32. The van der Waals surface area contributed by atoms with E-state index in [9.17, 15) is 5.11 Å². The molecular weight excluding hydrogens is 320 g/mol. The van der Waals surface area contributed by atoms with E-state index in [2.05, 4.69) is 4.90 Å². The maximum atomic E-state index is 9.91. The van der Waals surface area contributed by atoms with Crippen molar-refractivity contribution in [3.05, 3.63) is 23.8 Å². The van der Waals surface area contributed by atoms with Gasteiger partial charge in [0.25, 0.3) is 0 Å². The molecule has 25 heavy (non-hydrogen) atoms. The van der Waals surface area contributed by atoms with Crippen molar-refractivity contribution >= 4 is 0 Å². The molecule has 3 rings (SSSR count). The van der Waals surface area contributed by atoms with Gasteiger partial charge in [0, 0.05) is 62.5 Å².